The highest BCUT2D eigenvalue weighted by atomic mass is 16.5. The molecule has 1 heterocycles. The summed E-state index contributed by atoms with van der Waals surface area (Å²) in [5.41, 5.74) is 0.870. The number of methoxy groups -OCH3 is 1. The van der Waals surface area contributed by atoms with Crippen molar-refractivity contribution in [2.45, 2.75) is 38.6 Å². The predicted molar refractivity (Wildman–Crippen MR) is 96.9 cm³/mol. The summed E-state index contributed by atoms with van der Waals surface area (Å²) in [6, 6.07) is 7.26. The van der Waals surface area contributed by atoms with E-state index in [9.17, 15) is 9.59 Å². The first-order valence-electron chi connectivity index (χ1n) is 8.77. The van der Waals surface area contributed by atoms with Gasteiger partial charge in [-0.15, -0.1) is 6.42 Å². The molecule has 1 aromatic rings. The maximum atomic E-state index is 12.7. The number of para-hydroxylation sites is 1. The fraction of sp³-hybridized carbons (Fsp3) is 0.500. The molecule has 0 radical (unpaired) electrons. The molecule has 1 aliphatic heterocycles. The smallest absolute Gasteiger partial charge is 0.226 e. The lowest BCUT2D eigenvalue weighted by molar-refractivity contribution is -0.143. The summed E-state index contributed by atoms with van der Waals surface area (Å²) in [7, 11) is 1.60. The third-order valence-corrected chi connectivity index (χ3v) is 4.62. The van der Waals surface area contributed by atoms with Gasteiger partial charge in [-0.05, 0) is 18.9 Å². The molecule has 2 amide bonds. The molecule has 25 heavy (non-hydrogen) atoms. The van der Waals surface area contributed by atoms with Crippen LogP contribution < -0.4 is 10.1 Å². The van der Waals surface area contributed by atoms with E-state index in [1.165, 1.54) is 0 Å². The Kier molecular flexibility index (Phi) is 6.88. The van der Waals surface area contributed by atoms with Crippen LogP contribution >= 0.6 is 0 Å². The fourth-order valence-corrected chi connectivity index (χ4v) is 3.38. The number of nitrogens with one attached hydrogen (secondary N) is 1. The Morgan fingerprint density at radius 3 is 2.88 bits per heavy atom. The van der Waals surface area contributed by atoms with Crippen molar-refractivity contribution in [2.24, 2.45) is 5.92 Å². The highest BCUT2D eigenvalue weighted by Gasteiger charge is 2.41. The molecule has 1 saturated heterocycles. The van der Waals surface area contributed by atoms with Crippen LogP contribution in [0.1, 0.15) is 44.2 Å². The molecular formula is C20H26N2O3. The van der Waals surface area contributed by atoms with Crippen molar-refractivity contribution in [3.8, 4) is 18.1 Å². The van der Waals surface area contributed by atoms with Crippen LogP contribution in [0.15, 0.2) is 24.3 Å². The number of piperidine rings is 1. The lowest BCUT2D eigenvalue weighted by Crippen LogP contribution is -2.48. The summed E-state index contributed by atoms with van der Waals surface area (Å²) in [6.07, 6.45) is 8.04. The van der Waals surface area contributed by atoms with Gasteiger partial charge in [0.2, 0.25) is 11.8 Å². The van der Waals surface area contributed by atoms with E-state index in [0.717, 1.165) is 18.4 Å². The second-order valence-electron chi connectivity index (χ2n) is 6.19. The molecule has 0 spiro atoms. The van der Waals surface area contributed by atoms with Gasteiger partial charge < -0.3 is 15.0 Å². The third-order valence-electron chi connectivity index (χ3n) is 4.62. The Hall–Kier alpha value is -2.48. The molecule has 0 unspecified atom stereocenters. The highest BCUT2D eigenvalue weighted by Crippen LogP contribution is 2.40. The monoisotopic (exact) mass is 342 g/mol. The Balaban J connectivity index is 2.42. The van der Waals surface area contributed by atoms with Gasteiger partial charge in [0.05, 0.1) is 25.6 Å². The number of ether oxygens (including phenoxy) is 1. The Morgan fingerprint density at radius 1 is 1.44 bits per heavy atom. The van der Waals surface area contributed by atoms with Crippen molar-refractivity contribution >= 4 is 11.8 Å². The zero-order valence-electron chi connectivity index (χ0n) is 15.0. The number of carbonyl (C=O) groups excluding carboxylic acids is 2. The van der Waals surface area contributed by atoms with Gasteiger partial charge >= 0.3 is 0 Å². The summed E-state index contributed by atoms with van der Waals surface area (Å²) < 4.78 is 5.49. The number of benzene rings is 1. The molecule has 0 bridgehead atoms. The van der Waals surface area contributed by atoms with Crippen LogP contribution in [0.2, 0.25) is 0 Å². The maximum absolute atomic E-state index is 12.7. The number of amides is 2. The molecule has 0 aromatic heterocycles. The number of hydrogen-bond donors (Lipinski definition) is 1. The minimum Gasteiger partial charge on any atom is -0.496 e. The summed E-state index contributed by atoms with van der Waals surface area (Å²) in [5.74, 6) is 2.77. The molecule has 1 aromatic carbocycles. The van der Waals surface area contributed by atoms with Gasteiger partial charge in [-0.2, -0.15) is 0 Å². The van der Waals surface area contributed by atoms with Crippen LogP contribution in [0.4, 0.5) is 0 Å². The fourth-order valence-electron chi connectivity index (χ4n) is 3.38. The van der Waals surface area contributed by atoms with Crippen LogP contribution in [0, 0.1) is 18.3 Å². The summed E-state index contributed by atoms with van der Waals surface area (Å²) in [4.78, 5) is 27.1. The van der Waals surface area contributed by atoms with Crippen molar-refractivity contribution in [2.75, 3.05) is 20.2 Å². The first-order valence-corrected chi connectivity index (χ1v) is 8.77. The Labute approximate surface area is 149 Å². The van der Waals surface area contributed by atoms with Gasteiger partial charge in [0, 0.05) is 18.5 Å². The topological polar surface area (TPSA) is 58.6 Å². The Morgan fingerprint density at radius 2 is 2.20 bits per heavy atom. The van der Waals surface area contributed by atoms with E-state index in [1.54, 1.807) is 7.11 Å². The largest absolute Gasteiger partial charge is 0.496 e. The average Bonchev–Trinajstić information content (AvgIpc) is 2.64. The molecular weight excluding hydrogens is 316 g/mol. The minimum absolute atomic E-state index is 0.0883. The van der Waals surface area contributed by atoms with E-state index < -0.39 is 0 Å². The third kappa shape index (κ3) is 4.33. The molecule has 1 fully saturated rings. The van der Waals surface area contributed by atoms with E-state index in [2.05, 4.69) is 18.2 Å². The zero-order valence-corrected chi connectivity index (χ0v) is 15.0. The second kappa shape index (κ2) is 9.12. The van der Waals surface area contributed by atoms with E-state index in [0.29, 0.717) is 25.1 Å². The SMILES string of the molecule is C#CCNC(=O)[C@@H]1CCC(=O)N(CCCC)[C@H]1c1ccccc1OC. The average molecular weight is 342 g/mol. The van der Waals surface area contributed by atoms with Crippen molar-refractivity contribution in [1.82, 2.24) is 10.2 Å². The van der Waals surface area contributed by atoms with E-state index in [4.69, 9.17) is 11.2 Å². The standard InChI is InChI=1S/C20H26N2O3/c1-4-6-14-22-18(23)12-11-16(20(24)21-13-5-2)19(22)15-9-7-8-10-17(15)25-3/h2,7-10,16,19H,4,6,11-14H2,1,3H3,(H,21,24)/t16-,19+/m1/s1. The van der Waals surface area contributed by atoms with E-state index in [-0.39, 0.29) is 30.3 Å². The summed E-state index contributed by atoms with van der Waals surface area (Å²) >= 11 is 0. The maximum Gasteiger partial charge on any atom is 0.226 e. The van der Waals surface area contributed by atoms with Gasteiger partial charge in [-0.3, -0.25) is 9.59 Å². The van der Waals surface area contributed by atoms with Gasteiger partial charge in [0.15, 0.2) is 0 Å². The van der Waals surface area contributed by atoms with E-state index >= 15 is 0 Å². The van der Waals surface area contributed by atoms with Crippen LogP contribution in [0.5, 0.6) is 5.75 Å². The number of terminal acetylenes is 1. The van der Waals surface area contributed by atoms with Gasteiger partial charge in [-0.1, -0.05) is 37.5 Å². The number of hydrogen-bond acceptors (Lipinski definition) is 3. The molecule has 134 valence electrons. The van der Waals surface area contributed by atoms with Crippen molar-refractivity contribution in [1.29, 1.82) is 0 Å². The van der Waals surface area contributed by atoms with Crippen LogP contribution in [0.3, 0.4) is 0 Å². The molecule has 2 rings (SSSR count). The van der Waals surface area contributed by atoms with Gasteiger partial charge in [0.25, 0.3) is 0 Å². The number of rotatable bonds is 7. The van der Waals surface area contributed by atoms with E-state index in [1.807, 2.05) is 29.2 Å². The first kappa shape index (κ1) is 18.9. The van der Waals surface area contributed by atoms with Crippen LogP contribution in [-0.4, -0.2) is 36.9 Å². The van der Waals surface area contributed by atoms with Gasteiger partial charge in [-0.25, -0.2) is 0 Å². The molecule has 0 saturated carbocycles. The van der Waals surface area contributed by atoms with Crippen LogP contribution in [-0.2, 0) is 9.59 Å². The first-order chi connectivity index (χ1) is 12.1. The highest BCUT2D eigenvalue weighted by molar-refractivity contribution is 5.85. The number of likely N-dealkylation sites (tertiary alicyclic amines) is 1. The molecule has 1 aliphatic rings. The lowest BCUT2D eigenvalue weighted by atomic mass is 9.83. The van der Waals surface area contributed by atoms with Crippen molar-refractivity contribution in [3.63, 3.8) is 0 Å². The lowest BCUT2D eigenvalue weighted by Gasteiger charge is -2.41. The zero-order chi connectivity index (χ0) is 18.2. The Bertz CT molecular complexity index is 651. The summed E-state index contributed by atoms with van der Waals surface area (Å²) in [5, 5.41) is 2.78. The number of unbranched alkanes of at least 4 members (excludes halogenated alkanes) is 1. The second-order valence-corrected chi connectivity index (χ2v) is 6.19. The number of nitrogens with zero attached hydrogens (tertiary/aromatic N) is 1. The quantitative estimate of drug-likeness (QED) is 0.775. The normalized spacial score (nSPS) is 20.0. The molecule has 5 heteroatoms. The number of carbonyl (C=O) groups is 2. The van der Waals surface area contributed by atoms with Crippen molar-refractivity contribution < 1.29 is 14.3 Å². The predicted octanol–water partition coefficient (Wildman–Crippen LogP) is 2.52. The molecule has 2 atom stereocenters. The summed E-state index contributed by atoms with van der Waals surface area (Å²) in [6.45, 7) is 2.91. The minimum atomic E-state index is -0.334. The van der Waals surface area contributed by atoms with Crippen LogP contribution in [0.25, 0.3) is 0 Å². The molecule has 5 nitrogen and oxygen atoms in total. The molecule has 1 N–H and O–H groups in total. The van der Waals surface area contributed by atoms with Crippen molar-refractivity contribution in [3.05, 3.63) is 29.8 Å². The van der Waals surface area contributed by atoms with Gasteiger partial charge in [0.1, 0.15) is 5.75 Å². The molecule has 0 aliphatic carbocycles.